The molecule has 0 radical (unpaired) electrons. The molecule has 1 atom stereocenters. The number of hydrogen-bond acceptors (Lipinski definition) is 5. The van der Waals surface area contributed by atoms with E-state index in [1.54, 1.807) is 9.58 Å². The lowest BCUT2D eigenvalue weighted by atomic mass is 10.1. The summed E-state index contributed by atoms with van der Waals surface area (Å²) in [7, 11) is 1.83. The standard InChI is InChI=1S/C15H20N6O/c1-10-8-11(2)21(19-10)14-6-5-13(17-18-14)16-12-4-7-15(22)20(3)9-12/h5-6,8,12H,4,7,9H2,1-3H3,(H,16,17)/t12-/m1/s1. The highest BCUT2D eigenvalue weighted by Crippen LogP contribution is 2.15. The van der Waals surface area contributed by atoms with Gasteiger partial charge in [-0.05, 0) is 38.5 Å². The second-order valence-corrected chi connectivity index (χ2v) is 5.77. The number of aromatic nitrogens is 4. The largest absolute Gasteiger partial charge is 0.364 e. The Labute approximate surface area is 129 Å². The Morgan fingerprint density at radius 3 is 2.68 bits per heavy atom. The summed E-state index contributed by atoms with van der Waals surface area (Å²) in [6.45, 7) is 4.64. The van der Waals surface area contributed by atoms with Crippen molar-refractivity contribution < 1.29 is 4.79 Å². The number of likely N-dealkylation sites (N-methyl/N-ethyl adjacent to an activating group) is 1. The van der Waals surface area contributed by atoms with Gasteiger partial charge < -0.3 is 10.2 Å². The molecule has 1 amide bonds. The summed E-state index contributed by atoms with van der Waals surface area (Å²) < 4.78 is 1.78. The van der Waals surface area contributed by atoms with Crippen molar-refractivity contribution in [1.29, 1.82) is 0 Å². The van der Waals surface area contributed by atoms with Crippen molar-refractivity contribution >= 4 is 11.7 Å². The molecule has 0 spiro atoms. The van der Waals surface area contributed by atoms with Crippen LogP contribution in [0.4, 0.5) is 5.82 Å². The molecule has 0 bridgehead atoms. The predicted octanol–water partition coefficient (Wildman–Crippen LogP) is 1.31. The summed E-state index contributed by atoms with van der Waals surface area (Å²) >= 11 is 0. The normalized spacial score (nSPS) is 18.6. The smallest absolute Gasteiger partial charge is 0.222 e. The van der Waals surface area contributed by atoms with Gasteiger partial charge in [0.2, 0.25) is 5.91 Å². The third-order valence-electron chi connectivity index (χ3n) is 3.86. The molecule has 2 aromatic heterocycles. The summed E-state index contributed by atoms with van der Waals surface area (Å²) in [6, 6.07) is 6.02. The van der Waals surface area contributed by atoms with E-state index in [2.05, 4.69) is 20.6 Å². The predicted molar refractivity (Wildman–Crippen MR) is 82.9 cm³/mol. The molecule has 7 nitrogen and oxygen atoms in total. The lowest BCUT2D eigenvalue weighted by molar-refractivity contribution is -0.132. The quantitative estimate of drug-likeness (QED) is 0.925. The van der Waals surface area contributed by atoms with Crippen molar-refractivity contribution in [2.24, 2.45) is 0 Å². The zero-order chi connectivity index (χ0) is 15.7. The monoisotopic (exact) mass is 300 g/mol. The van der Waals surface area contributed by atoms with Gasteiger partial charge in [0.1, 0.15) is 5.82 Å². The molecule has 0 unspecified atom stereocenters. The Morgan fingerprint density at radius 2 is 2.09 bits per heavy atom. The van der Waals surface area contributed by atoms with Crippen LogP contribution in [0.3, 0.4) is 0 Å². The topological polar surface area (TPSA) is 75.9 Å². The highest BCUT2D eigenvalue weighted by Gasteiger charge is 2.22. The lowest BCUT2D eigenvalue weighted by Gasteiger charge is -2.30. The van der Waals surface area contributed by atoms with Gasteiger partial charge in [-0.15, -0.1) is 10.2 Å². The number of hydrogen-bond donors (Lipinski definition) is 1. The Kier molecular flexibility index (Phi) is 3.79. The van der Waals surface area contributed by atoms with Gasteiger partial charge in [0.05, 0.1) is 5.69 Å². The first kappa shape index (κ1) is 14.5. The zero-order valence-corrected chi connectivity index (χ0v) is 13.1. The van der Waals surface area contributed by atoms with Gasteiger partial charge in [-0.3, -0.25) is 4.79 Å². The Morgan fingerprint density at radius 1 is 1.27 bits per heavy atom. The zero-order valence-electron chi connectivity index (χ0n) is 13.1. The number of nitrogens with zero attached hydrogens (tertiary/aromatic N) is 5. The minimum Gasteiger partial charge on any atom is -0.364 e. The van der Waals surface area contributed by atoms with Crippen molar-refractivity contribution in [3.8, 4) is 5.82 Å². The molecule has 0 aliphatic carbocycles. The van der Waals surface area contributed by atoms with Crippen molar-refractivity contribution in [2.75, 3.05) is 18.9 Å². The second kappa shape index (κ2) is 5.75. The Bertz CT molecular complexity index is 678. The first-order valence-electron chi connectivity index (χ1n) is 7.41. The minimum atomic E-state index is 0.198. The van der Waals surface area contributed by atoms with E-state index in [1.807, 2.05) is 39.1 Å². The number of likely N-dealkylation sites (tertiary alicyclic amines) is 1. The molecule has 0 aromatic carbocycles. The van der Waals surface area contributed by atoms with E-state index >= 15 is 0 Å². The van der Waals surface area contributed by atoms with E-state index in [9.17, 15) is 4.79 Å². The Balaban J connectivity index is 1.69. The number of aryl methyl sites for hydroxylation is 2. The van der Waals surface area contributed by atoms with Crippen LogP contribution in [-0.2, 0) is 4.79 Å². The second-order valence-electron chi connectivity index (χ2n) is 5.77. The molecule has 1 fully saturated rings. The molecule has 22 heavy (non-hydrogen) atoms. The maximum Gasteiger partial charge on any atom is 0.222 e. The fraction of sp³-hybridized carbons (Fsp3) is 0.467. The molecule has 2 aromatic rings. The SMILES string of the molecule is Cc1cc(C)n(-c2ccc(N[C@@H]3CCC(=O)N(C)C3)nn2)n1. The number of carbonyl (C=O) groups is 1. The first-order chi connectivity index (χ1) is 10.5. The minimum absolute atomic E-state index is 0.198. The van der Waals surface area contributed by atoms with Crippen LogP contribution in [0.1, 0.15) is 24.2 Å². The van der Waals surface area contributed by atoms with Crippen molar-refractivity contribution in [3.05, 3.63) is 29.6 Å². The average molecular weight is 300 g/mol. The average Bonchev–Trinajstić information content (AvgIpc) is 2.83. The van der Waals surface area contributed by atoms with E-state index in [0.717, 1.165) is 23.6 Å². The fourth-order valence-corrected chi connectivity index (χ4v) is 2.72. The van der Waals surface area contributed by atoms with E-state index in [-0.39, 0.29) is 11.9 Å². The molecular formula is C15H20N6O. The van der Waals surface area contributed by atoms with Gasteiger partial charge in [-0.2, -0.15) is 5.10 Å². The molecule has 3 rings (SSSR count). The van der Waals surface area contributed by atoms with Crippen LogP contribution in [0.25, 0.3) is 5.82 Å². The van der Waals surface area contributed by atoms with Gasteiger partial charge >= 0.3 is 0 Å². The van der Waals surface area contributed by atoms with E-state index in [0.29, 0.717) is 18.8 Å². The molecule has 116 valence electrons. The number of nitrogens with one attached hydrogen (secondary N) is 1. The van der Waals surface area contributed by atoms with Crippen LogP contribution in [0.15, 0.2) is 18.2 Å². The van der Waals surface area contributed by atoms with Crippen molar-refractivity contribution in [3.63, 3.8) is 0 Å². The van der Waals surface area contributed by atoms with Crippen molar-refractivity contribution in [1.82, 2.24) is 24.9 Å². The number of rotatable bonds is 3. The first-order valence-corrected chi connectivity index (χ1v) is 7.41. The highest BCUT2D eigenvalue weighted by atomic mass is 16.2. The Hall–Kier alpha value is -2.44. The van der Waals surface area contributed by atoms with Gasteiger partial charge in [-0.25, -0.2) is 4.68 Å². The summed E-state index contributed by atoms with van der Waals surface area (Å²) in [5, 5.41) is 16.2. The molecule has 1 N–H and O–H groups in total. The van der Waals surface area contributed by atoms with Gasteiger partial charge in [0, 0.05) is 31.7 Å². The maximum atomic E-state index is 11.5. The fourth-order valence-electron chi connectivity index (χ4n) is 2.72. The molecule has 1 aliphatic rings. The molecular weight excluding hydrogens is 280 g/mol. The summed E-state index contributed by atoms with van der Waals surface area (Å²) in [5.74, 6) is 1.62. The van der Waals surface area contributed by atoms with Crippen LogP contribution >= 0.6 is 0 Å². The summed E-state index contributed by atoms with van der Waals surface area (Å²) in [5.41, 5.74) is 1.98. The summed E-state index contributed by atoms with van der Waals surface area (Å²) in [6.07, 6.45) is 1.40. The molecule has 7 heteroatoms. The number of piperidine rings is 1. The van der Waals surface area contributed by atoms with Crippen LogP contribution < -0.4 is 5.32 Å². The molecule has 3 heterocycles. The maximum absolute atomic E-state index is 11.5. The van der Waals surface area contributed by atoms with Gasteiger partial charge in [0.15, 0.2) is 5.82 Å². The lowest BCUT2D eigenvalue weighted by Crippen LogP contribution is -2.43. The van der Waals surface area contributed by atoms with Crippen molar-refractivity contribution in [2.45, 2.75) is 32.7 Å². The molecule has 1 saturated heterocycles. The van der Waals surface area contributed by atoms with Crippen LogP contribution in [0, 0.1) is 13.8 Å². The van der Waals surface area contributed by atoms with E-state index in [4.69, 9.17) is 0 Å². The van der Waals surface area contributed by atoms with Gasteiger partial charge in [0.25, 0.3) is 0 Å². The van der Waals surface area contributed by atoms with E-state index in [1.165, 1.54) is 0 Å². The number of amides is 1. The van der Waals surface area contributed by atoms with Crippen LogP contribution in [0.2, 0.25) is 0 Å². The summed E-state index contributed by atoms with van der Waals surface area (Å²) in [4.78, 5) is 13.2. The third-order valence-corrected chi connectivity index (χ3v) is 3.86. The number of anilines is 1. The van der Waals surface area contributed by atoms with E-state index < -0.39 is 0 Å². The third kappa shape index (κ3) is 2.93. The van der Waals surface area contributed by atoms with Gasteiger partial charge in [-0.1, -0.05) is 0 Å². The van der Waals surface area contributed by atoms with Crippen LogP contribution in [0.5, 0.6) is 0 Å². The van der Waals surface area contributed by atoms with Crippen LogP contribution in [-0.4, -0.2) is 50.4 Å². The molecule has 0 saturated carbocycles. The highest BCUT2D eigenvalue weighted by molar-refractivity contribution is 5.77. The molecule has 1 aliphatic heterocycles. The number of carbonyl (C=O) groups excluding carboxylic acids is 1.